The maximum absolute atomic E-state index is 14.8. The number of nitrogens with one attached hydrogen (secondary N) is 3. The lowest BCUT2D eigenvalue weighted by Crippen LogP contribution is -2.42. The highest BCUT2D eigenvalue weighted by molar-refractivity contribution is 7.21. The minimum atomic E-state index is -0.278. The number of morpholine rings is 1. The zero-order chi connectivity index (χ0) is 22.9. The van der Waals surface area contributed by atoms with Crippen LogP contribution in [0.4, 0.5) is 15.8 Å². The van der Waals surface area contributed by atoms with Crippen molar-refractivity contribution in [2.24, 2.45) is 0 Å². The van der Waals surface area contributed by atoms with Gasteiger partial charge in [0.25, 0.3) is 5.91 Å². The second-order valence-electron chi connectivity index (χ2n) is 8.74. The largest absolute Gasteiger partial charge is 0.397 e. The Kier molecular flexibility index (Phi) is 6.18. The van der Waals surface area contributed by atoms with Crippen LogP contribution in [0.25, 0.3) is 10.2 Å². The first-order valence-corrected chi connectivity index (χ1v) is 12.1. The fraction of sp³-hybridized carbons (Fsp3) is 0.417. The fourth-order valence-corrected chi connectivity index (χ4v) is 5.56. The second-order valence-corrected chi connectivity index (χ2v) is 9.74. The normalized spacial score (nSPS) is 20.4. The van der Waals surface area contributed by atoms with Gasteiger partial charge in [0.05, 0.1) is 24.1 Å². The van der Waals surface area contributed by atoms with E-state index < -0.39 is 0 Å². The molecule has 1 aliphatic carbocycles. The van der Waals surface area contributed by atoms with Gasteiger partial charge in [0.15, 0.2) is 0 Å². The molecule has 1 aromatic carbocycles. The number of nitrogens with two attached hydrogens (primary N) is 1. The van der Waals surface area contributed by atoms with Gasteiger partial charge in [0, 0.05) is 36.8 Å². The van der Waals surface area contributed by atoms with Gasteiger partial charge in [-0.05, 0) is 61.6 Å². The number of hydrogen-bond acceptors (Lipinski definition) is 7. The SMILES string of the molecule is Cc1ccc2c(N)c(C(=O)N[C@H]3CCc4cc(NCC5CNCCO5)c(F)cc4C3)sc2n1. The average molecular weight is 470 g/mol. The van der Waals surface area contributed by atoms with Crippen LogP contribution in [0.5, 0.6) is 0 Å². The lowest BCUT2D eigenvalue weighted by atomic mass is 9.87. The van der Waals surface area contributed by atoms with Crippen molar-refractivity contribution < 1.29 is 13.9 Å². The number of nitrogens with zero attached hydrogens (tertiary/aromatic N) is 1. The smallest absolute Gasteiger partial charge is 0.263 e. The Balaban J connectivity index is 1.25. The molecular formula is C24H28FN5O2S. The molecule has 1 aliphatic heterocycles. The number of anilines is 2. The number of halogens is 1. The van der Waals surface area contributed by atoms with Crippen LogP contribution in [0.15, 0.2) is 24.3 Å². The Morgan fingerprint density at radius 3 is 3.06 bits per heavy atom. The molecule has 1 saturated heterocycles. The summed E-state index contributed by atoms with van der Waals surface area (Å²) >= 11 is 1.31. The quantitative estimate of drug-likeness (QED) is 0.458. The number of pyridine rings is 1. The first kappa shape index (κ1) is 22.1. The molecule has 0 spiro atoms. The van der Waals surface area contributed by atoms with Crippen LogP contribution in [0.1, 0.15) is 32.9 Å². The van der Waals surface area contributed by atoms with Crippen molar-refractivity contribution in [2.75, 3.05) is 37.3 Å². The van der Waals surface area contributed by atoms with Crippen LogP contribution >= 0.6 is 11.3 Å². The standard InChI is InChI=1S/C24H28FN5O2S/c1-13-2-5-18-21(26)22(33-24(18)29-13)23(31)30-16-4-3-14-10-20(19(25)9-15(14)8-16)28-12-17-11-27-6-7-32-17/h2,5,9-10,16-17,27-28H,3-4,6-8,11-12,26H2,1H3,(H,30,31)/t16-,17?/m0/s1. The maximum atomic E-state index is 14.8. The fourth-order valence-electron chi connectivity index (χ4n) is 4.52. The van der Waals surface area contributed by atoms with E-state index in [0.29, 0.717) is 35.8 Å². The van der Waals surface area contributed by atoms with Crippen molar-refractivity contribution in [1.82, 2.24) is 15.6 Å². The summed E-state index contributed by atoms with van der Waals surface area (Å²) in [5, 5.41) is 10.4. The van der Waals surface area contributed by atoms with Crippen molar-refractivity contribution in [3.63, 3.8) is 0 Å². The molecule has 7 nitrogen and oxygen atoms in total. The van der Waals surface area contributed by atoms with Crippen molar-refractivity contribution in [3.8, 4) is 0 Å². The first-order valence-electron chi connectivity index (χ1n) is 11.3. The highest BCUT2D eigenvalue weighted by Crippen LogP contribution is 2.33. The van der Waals surface area contributed by atoms with Crippen LogP contribution < -0.4 is 21.7 Å². The van der Waals surface area contributed by atoms with E-state index in [0.717, 1.165) is 53.0 Å². The molecule has 9 heteroatoms. The summed E-state index contributed by atoms with van der Waals surface area (Å²) in [5.74, 6) is -0.471. The molecule has 174 valence electrons. The number of benzene rings is 1. The summed E-state index contributed by atoms with van der Waals surface area (Å²) in [6, 6.07) is 7.22. The number of carbonyl (C=O) groups excluding carboxylic acids is 1. The van der Waals surface area contributed by atoms with Crippen LogP contribution in [0, 0.1) is 12.7 Å². The zero-order valence-corrected chi connectivity index (χ0v) is 19.4. The molecule has 3 aromatic rings. The summed E-state index contributed by atoms with van der Waals surface area (Å²) in [5.41, 5.74) is 10.1. The Morgan fingerprint density at radius 2 is 2.24 bits per heavy atom. The molecular weight excluding hydrogens is 441 g/mol. The molecule has 0 bridgehead atoms. The predicted octanol–water partition coefficient (Wildman–Crippen LogP) is 3.01. The summed E-state index contributed by atoms with van der Waals surface area (Å²) in [4.78, 5) is 18.7. The molecule has 5 rings (SSSR count). The molecule has 2 atom stereocenters. The van der Waals surface area contributed by atoms with Gasteiger partial charge >= 0.3 is 0 Å². The van der Waals surface area contributed by atoms with E-state index in [-0.39, 0.29) is 23.9 Å². The highest BCUT2D eigenvalue weighted by atomic mass is 32.1. The van der Waals surface area contributed by atoms with Gasteiger partial charge in [-0.1, -0.05) is 0 Å². The Morgan fingerprint density at radius 1 is 1.36 bits per heavy atom. The van der Waals surface area contributed by atoms with Crippen molar-refractivity contribution >= 4 is 38.8 Å². The van der Waals surface area contributed by atoms with E-state index in [9.17, 15) is 9.18 Å². The molecule has 2 aliphatic rings. The molecule has 1 amide bonds. The van der Waals surface area contributed by atoms with E-state index in [1.807, 2.05) is 25.1 Å². The summed E-state index contributed by atoms with van der Waals surface area (Å²) in [6.07, 6.45) is 2.20. The summed E-state index contributed by atoms with van der Waals surface area (Å²) in [7, 11) is 0. The van der Waals surface area contributed by atoms with Crippen LogP contribution in [0.3, 0.4) is 0 Å². The van der Waals surface area contributed by atoms with Gasteiger partial charge in [-0.3, -0.25) is 4.79 Å². The minimum Gasteiger partial charge on any atom is -0.397 e. The van der Waals surface area contributed by atoms with E-state index in [4.69, 9.17) is 10.5 Å². The number of thiophene rings is 1. The molecule has 2 aromatic heterocycles. The number of fused-ring (bicyclic) bond motifs is 2. The zero-order valence-electron chi connectivity index (χ0n) is 18.5. The van der Waals surface area contributed by atoms with Crippen molar-refractivity contribution in [2.45, 2.75) is 38.3 Å². The van der Waals surface area contributed by atoms with Crippen LogP contribution in [-0.4, -0.2) is 49.3 Å². The van der Waals surface area contributed by atoms with Gasteiger partial charge < -0.3 is 26.4 Å². The molecule has 5 N–H and O–H groups in total. The number of rotatable bonds is 5. The van der Waals surface area contributed by atoms with Crippen LogP contribution in [0.2, 0.25) is 0 Å². The number of hydrogen-bond donors (Lipinski definition) is 4. The monoisotopic (exact) mass is 469 g/mol. The Labute approximate surface area is 195 Å². The van der Waals surface area contributed by atoms with E-state index in [1.165, 1.54) is 11.3 Å². The molecule has 1 fully saturated rings. The molecule has 0 radical (unpaired) electrons. The Hall–Kier alpha value is -2.75. The van der Waals surface area contributed by atoms with Gasteiger partial charge in [0.2, 0.25) is 0 Å². The molecule has 33 heavy (non-hydrogen) atoms. The van der Waals surface area contributed by atoms with E-state index in [1.54, 1.807) is 6.07 Å². The van der Waals surface area contributed by atoms with E-state index in [2.05, 4.69) is 20.9 Å². The summed E-state index contributed by atoms with van der Waals surface area (Å²) < 4.78 is 20.4. The summed E-state index contributed by atoms with van der Waals surface area (Å²) in [6.45, 7) is 4.77. The third-order valence-corrected chi connectivity index (χ3v) is 7.43. The minimum absolute atomic E-state index is 0.0363. The number of ether oxygens (including phenoxy) is 1. The lowest BCUT2D eigenvalue weighted by Gasteiger charge is -2.27. The van der Waals surface area contributed by atoms with Gasteiger partial charge in [-0.2, -0.15) is 0 Å². The van der Waals surface area contributed by atoms with Gasteiger partial charge in [0.1, 0.15) is 15.5 Å². The predicted molar refractivity (Wildman–Crippen MR) is 130 cm³/mol. The van der Waals surface area contributed by atoms with Gasteiger partial charge in [-0.15, -0.1) is 11.3 Å². The van der Waals surface area contributed by atoms with Crippen LogP contribution in [-0.2, 0) is 17.6 Å². The molecule has 0 saturated carbocycles. The second kappa shape index (κ2) is 9.24. The lowest BCUT2D eigenvalue weighted by molar-refractivity contribution is 0.0372. The van der Waals surface area contributed by atoms with Crippen molar-refractivity contribution in [3.05, 3.63) is 51.8 Å². The molecule has 1 unspecified atom stereocenters. The number of carbonyl (C=O) groups is 1. The topological polar surface area (TPSA) is 101 Å². The number of aromatic nitrogens is 1. The number of nitrogen functional groups attached to an aromatic ring is 1. The maximum Gasteiger partial charge on any atom is 0.263 e. The molecule has 3 heterocycles. The third-order valence-electron chi connectivity index (χ3n) is 6.32. The van der Waals surface area contributed by atoms with Gasteiger partial charge in [-0.25, -0.2) is 9.37 Å². The number of aryl methyl sites for hydroxylation is 2. The van der Waals surface area contributed by atoms with Crippen molar-refractivity contribution in [1.29, 1.82) is 0 Å². The Bertz CT molecular complexity index is 1190. The first-order chi connectivity index (χ1) is 16.0. The average Bonchev–Trinajstić information content (AvgIpc) is 3.14. The highest BCUT2D eigenvalue weighted by Gasteiger charge is 2.25. The van der Waals surface area contributed by atoms with E-state index >= 15 is 0 Å². The third kappa shape index (κ3) is 4.66. The number of amides is 1.